The lowest BCUT2D eigenvalue weighted by Crippen LogP contribution is -2.43. The first kappa shape index (κ1) is 26.3. The number of phenolic OH excluding ortho intramolecular Hbond substituents is 1. The molecule has 4 aromatic rings. The van der Waals surface area contributed by atoms with Gasteiger partial charge in [-0.2, -0.15) is 9.97 Å². The van der Waals surface area contributed by atoms with Crippen LogP contribution in [-0.4, -0.2) is 69.5 Å². The summed E-state index contributed by atoms with van der Waals surface area (Å²) in [6.45, 7) is 3.23. The van der Waals surface area contributed by atoms with Crippen LogP contribution >= 0.6 is 11.6 Å². The van der Waals surface area contributed by atoms with Crippen LogP contribution in [0.2, 0.25) is 5.02 Å². The maximum absolute atomic E-state index is 16.6. The van der Waals surface area contributed by atoms with Crippen LogP contribution in [0.4, 0.5) is 14.6 Å². The van der Waals surface area contributed by atoms with Gasteiger partial charge in [0, 0.05) is 48.2 Å². The van der Waals surface area contributed by atoms with E-state index in [0.29, 0.717) is 57.4 Å². The summed E-state index contributed by atoms with van der Waals surface area (Å²) >= 11 is 6.56. The SMILES string of the molecule is Oc1cc(-c2ncc3c(N4CC5CCC(C5)C4)nc(OC[C@@]45CCCN4C[C@H](F)C5)nc3c2F)c2c(Cl)cccc2c1. The normalized spacial score (nSPS) is 27.3. The quantitative estimate of drug-likeness (QED) is 0.283. The number of pyridine rings is 1. The topological polar surface area (TPSA) is 74.6 Å². The summed E-state index contributed by atoms with van der Waals surface area (Å²) in [6.07, 6.45) is 6.64. The zero-order valence-electron chi connectivity index (χ0n) is 23.2. The number of halogens is 3. The Bertz CT molecular complexity index is 1710. The molecule has 8 rings (SSSR count). The highest BCUT2D eigenvalue weighted by Crippen LogP contribution is 2.43. The van der Waals surface area contributed by atoms with Crippen molar-refractivity contribution in [1.29, 1.82) is 0 Å². The zero-order chi connectivity index (χ0) is 28.6. The molecule has 1 N–H and O–H groups in total. The number of aromatic hydroxyl groups is 1. The zero-order valence-corrected chi connectivity index (χ0v) is 24.0. The Balaban J connectivity index is 1.26. The van der Waals surface area contributed by atoms with E-state index in [-0.39, 0.29) is 35.1 Å². The minimum absolute atomic E-state index is 0.0136. The highest BCUT2D eigenvalue weighted by molar-refractivity contribution is 6.36. The molecule has 3 aliphatic heterocycles. The van der Waals surface area contributed by atoms with Crippen LogP contribution in [0, 0.1) is 17.7 Å². The van der Waals surface area contributed by atoms with Crippen molar-refractivity contribution in [3.05, 3.63) is 47.4 Å². The van der Waals surface area contributed by atoms with Gasteiger partial charge in [0.2, 0.25) is 0 Å². The number of benzene rings is 2. The summed E-state index contributed by atoms with van der Waals surface area (Å²) in [7, 11) is 0. The number of phenols is 1. The number of fused-ring (bicyclic) bond motifs is 5. The highest BCUT2D eigenvalue weighted by Gasteiger charge is 2.49. The van der Waals surface area contributed by atoms with Crippen LogP contribution in [0.25, 0.3) is 32.9 Å². The summed E-state index contributed by atoms with van der Waals surface area (Å²) in [5.74, 6) is 1.15. The summed E-state index contributed by atoms with van der Waals surface area (Å²) in [5, 5.41) is 12.7. The molecular formula is C32H32ClF2N5O2. The van der Waals surface area contributed by atoms with E-state index in [9.17, 15) is 9.50 Å². The molecule has 2 aromatic heterocycles. The van der Waals surface area contributed by atoms with Crippen molar-refractivity contribution in [1.82, 2.24) is 19.9 Å². The van der Waals surface area contributed by atoms with Crippen molar-refractivity contribution in [3.8, 4) is 23.0 Å². The van der Waals surface area contributed by atoms with Crippen molar-refractivity contribution in [2.24, 2.45) is 11.8 Å². The van der Waals surface area contributed by atoms with E-state index in [0.717, 1.165) is 32.5 Å². The number of alkyl halides is 1. The third-order valence-corrected chi connectivity index (χ3v) is 10.3. The van der Waals surface area contributed by atoms with Gasteiger partial charge in [-0.05, 0) is 74.1 Å². The Hall–Kier alpha value is -3.30. The van der Waals surface area contributed by atoms with Crippen molar-refractivity contribution in [2.45, 2.75) is 50.2 Å². The van der Waals surface area contributed by atoms with Gasteiger partial charge in [0.25, 0.3) is 0 Å². The monoisotopic (exact) mass is 591 g/mol. The number of rotatable bonds is 5. The molecule has 218 valence electrons. The molecule has 10 heteroatoms. The van der Waals surface area contributed by atoms with Crippen LogP contribution in [0.1, 0.15) is 38.5 Å². The highest BCUT2D eigenvalue weighted by atomic mass is 35.5. The number of hydrogen-bond acceptors (Lipinski definition) is 7. The fourth-order valence-corrected chi connectivity index (χ4v) is 8.38. The molecule has 4 fully saturated rings. The van der Waals surface area contributed by atoms with Gasteiger partial charge in [0.1, 0.15) is 35.6 Å². The molecule has 0 radical (unpaired) electrons. The molecule has 1 saturated carbocycles. The molecule has 0 spiro atoms. The number of aromatic nitrogens is 3. The van der Waals surface area contributed by atoms with E-state index in [1.807, 2.05) is 6.07 Å². The second kappa shape index (κ2) is 9.88. The summed E-state index contributed by atoms with van der Waals surface area (Å²) in [5.41, 5.74) is 0.162. The molecule has 2 aromatic carbocycles. The molecule has 42 heavy (non-hydrogen) atoms. The third kappa shape index (κ3) is 4.27. The van der Waals surface area contributed by atoms with E-state index >= 15 is 4.39 Å². The van der Waals surface area contributed by atoms with E-state index < -0.39 is 12.0 Å². The molecule has 1 aliphatic carbocycles. The maximum Gasteiger partial charge on any atom is 0.319 e. The first-order valence-electron chi connectivity index (χ1n) is 14.9. The Labute approximate surface area is 247 Å². The van der Waals surface area contributed by atoms with Crippen molar-refractivity contribution in [2.75, 3.05) is 37.7 Å². The number of hydrogen-bond donors (Lipinski definition) is 1. The van der Waals surface area contributed by atoms with Crippen LogP contribution < -0.4 is 9.64 Å². The van der Waals surface area contributed by atoms with E-state index in [1.165, 1.54) is 25.3 Å². The van der Waals surface area contributed by atoms with E-state index in [1.54, 1.807) is 24.4 Å². The lowest BCUT2D eigenvalue weighted by atomic mass is 9.95. The molecule has 4 aliphatic rings. The maximum atomic E-state index is 16.6. The van der Waals surface area contributed by atoms with Crippen molar-refractivity contribution < 1.29 is 18.6 Å². The Kier molecular flexibility index (Phi) is 6.19. The van der Waals surface area contributed by atoms with Gasteiger partial charge in [-0.3, -0.25) is 9.88 Å². The first-order chi connectivity index (χ1) is 20.4. The average molecular weight is 592 g/mol. The predicted octanol–water partition coefficient (Wildman–Crippen LogP) is 6.53. The summed E-state index contributed by atoms with van der Waals surface area (Å²) < 4.78 is 37.3. The molecule has 0 amide bonds. The standard InChI is InChI=1S/C32H32ClF2N5O2/c33-25-4-1-3-20-10-22(41)11-23(26(20)25)28-27(35)29-24(13-36-28)30(39-14-18-5-6-19(9-18)15-39)38-31(37-29)42-17-32-7-2-8-40(32)16-21(34)12-32/h1,3-4,10-11,13,18-19,21,41H,2,5-9,12,14-17H2/t18?,19?,21-,32+/m1/s1. The minimum Gasteiger partial charge on any atom is -0.508 e. The second-order valence-electron chi connectivity index (χ2n) is 12.7. The average Bonchev–Trinajstić information content (AvgIpc) is 3.61. The Morgan fingerprint density at radius 3 is 2.79 bits per heavy atom. The molecule has 5 heterocycles. The fourth-order valence-electron chi connectivity index (χ4n) is 8.10. The van der Waals surface area contributed by atoms with Gasteiger partial charge < -0.3 is 14.7 Å². The molecule has 2 unspecified atom stereocenters. The molecule has 4 atom stereocenters. The van der Waals surface area contributed by atoms with Crippen molar-refractivity contribution >= 4 is 39.1 Å². The fraction of sp³-hybridized carbons (Fsp3) is 0.469. The molecule has 7 nitrogen and oxygen atoms in total. The van der Waals surface area contributed by atoms with Gasteiger partial charge in [-0.15, -0.1) is 0 Å². The van der Waals surface area contributed by atoms with Gasteiger partial charge in [-0.25, -0.2) is 8.78 Å². The number of anilines is 1. The van der Waals surface area contributed by atoms with Gasteiger partial charge >= 0.3 is 6.01 Å². The number of piperidine rings is 1. The summed E-state index contributed by atoms with van der Waals surface area (Å²) in [6, 6.07) is 8.50. The lowest BCUT2D eigenvalue weighted by molar-refractivity contribution is 0.107. The van der Waals surface area contributed by atoms with Gasteiger partial charge in [0.05, 0.1) is 10.9 Å². The van der Waals surface area contributed by atoms with Crippen LogP contribution in [-0.2, 0) is 0 Å². The minimum atomic E-state index is -0.874. The predicted molar refractivity (Wildman–Crippen MR) is 158 cm³/mol. The van der Waals surface area contributed by atoms with Crippen LogP contribution in [0.3, 0.4) is 0 Å². The Morgan fingerprint density at radius 1 is 1.12 bits per heavy atom. The van der Waals surface area contributed by atoms with Gasteiger partial charge in [-0.1, -0.05) is 23.7 Å². The van der Waals surface area contributed by atoms with Gasteiger partial charge in [0.15, 0.2) is 5.82 Å². The van der Waals surface area contributed by atoms with Crippen LogP contribution in [0.15, 0.2) is 36.5 Å². The number of ether oxygens (including phenoxy) is 1. The van der Waals surface area contributed by atoms with Crippen LogP contribution in [0.5, 0.6) is 11.8 Å². The molecule has 2 bridgehead atoms. The molecule has 3 saturated heterocycles. The molecular weight excluding hydrogens is 560 g/mol. The smallest absolute Gasteiger partial charge is 0.319 e. The largest absolute Gasteiger partial charge is 0.508 e. The third-order valence-electron chi connectivity index (χ3n) is 9.95. The Morgan fingerprint density at radius 2 is 1.95 bits per heavy atom. The second-order valence-corrected chi connectivity index (χ2v) is 13.1. The lowest BCUT2D eigenvalue weighted by Gasteiger charge is -2.34. The number of nitrogens with zero attached hydrogens (tertiary/aromatic N) is 5. The summed E-state index contributed by atoms with van der Waals surface area (Å²) in [4.78, 5) is 18.4. The van der Waals surface area contributed by atoms with E-state index in [4.69, 9.17) is 21.3 Å². The van der Waals surface area contributed by atoms with Crippen molar-refractivity contribution in [3.63, 3.8) is 0 Å². The van der Waals surface area contributed by atoms with E-state index in [2.05, 4.69) is 19.8 Å². The first-order valence-corrected chi connectivity index (χ1v) is 15.3.